The summed E-state index contributed by atoms with van der Waals surface area (Å²) in [4.78, 5) is 23.8. The van der Waals surface area contributed by atoms with Crippen LogP contribution in [-0.4, -0.2) is 9.13 Å². The molecular formula is C13H11F3N2O2. The molecule has 0 spiro atoms. The topological polar surface area (TPSA) is 44.0 Å². The summed E-state index contributed by atoms with van der Waals surface area (Å²) in [5.41, 5.74) is -2.17. The number of halogens is 3. The highest BCUT2D eigenvalue weighted by Gasteiger charge is 2.35. The Morgan fingerprint density at radius 3 is 2.10 bits per heavy atom. The Balaban J connectivity index is 2.75. The maximum absolute atomic E-state index is 12.7. The Labute approximate surface area is 111 Å². The third kappa shape index (κ3) is 2.38. The Morgan fingerprint density at radius 2 is 1.60 bits per heavy atom. The molecule has 0 amide bonds. The summed E-state index contributed by atoms with van der Waals surface area (Å²) < 4.78 is 39.2. The van der Waals surface area contributed by atoms with Crippen molar-refractivity contribution in [3.63, 3.8) is 0 Å². The highest BCUT2D eigenvalue weighted by Crippen LogP contribution is 2.26. The molecule has 1 aromatic heterocycles. The van der Waals surface area contributed by atoms with Crippen LogP contribution < -0.4 is 11.2 Å². The van der Waals surface area contributed by atoms with Crippen LogP contribution in [0.25, 0.3) is 5.69 Å². The van der Waals surface area contributed by atoms with Crippen LogP contribution >= 0.6 is 0 Å². The van der Waals surface area contributed by atoms with E-state index in [-0.39, 0.29) is 5.69 Å². The van der Waals surface area contributed by atoms with E-state index in [0.717, 1.165) is 12.6 Å². The van der Waals surface area contributed by atoms with Gasteiger partial charge in [-0.2, -0.15) is 13.2 Å². The fourth-order valence-electron chi connectivity index (χ4n) is 1.83. The summed E-state index contributed by atoms with van der Waals surface area (Å²) in [6.45, 7) is 1.82. The first-order chi connectivity index (χ1) is 9.21. The monoisotopic (exact) mass is 284 g/mol. The Kier molecular flexibility index (Phi) is 3.29. The molecule has 20 heavy (non-hydrogen) atoms. The van der Waals surface area contributed by atoms with Gasteiger partial charge in [0.15, 0.2) is 0 Å². The molecule has 4 nitrogen and oxygen atoms in total. The summed E-state index contributed by atoms with van der Waals surface area (Å²) in [5.74, 6) is 0. The van der Waals surface area contributed by atoms with Gasteiger partial charge in [0.1, 0.15) is 5.69 Å². The molecule has 0 aliphatic rings. The fourth-order valence-corrected chi connectivity index (χ4v) is 1.83. The quantitative estimate of drug-likeness (QED) is 0.802. The van der Waals surface area contributed by atoms with Crippen molar-refractivity contribution >= 4 is 0 Å². The van der Waals surface area contributed by atoms with E-state index in [4.69, 9.17) is 0 Å². The van der Waals surface area contributed by atoms with Gasteiger partial charge in [-0.15, -0.1) is 0 Å². The van der Waals surface area contributed by atoms with Gasteiger partial charge in [0, 0.05) is 13.1 Å². The molecule has 0 aliphatic carbocycles. The largest absolute Gasteiger partial charge is 0.431 e. The van der Waals surface area contributed by atoms with E-state index in [2.05, 4.69) is 0 Å². The van der Waals surface area contributed by atoms with Crippen molar-refractivity contribution in [2.75, 3.05) is 0 Å². The van der Waals surface area contributed by atoms with Gasteiger partial charge in [-0.25, -0.2) is 9.36 Å². The third-order valence-corrected chi connectivity index (χ3v) is 2.90. The molecule has 0 unspecified atom stereocenters. The average molecular weight is 284 g/mol. The van der Waals surface area contributed by atoms with Gasteiger partial charge >= 0.3 is 11.9 Å². The molecule has 0 bridgehead atoms. The van der Waals surface area contributed by atoms with Crippen LogP contribution in [0.15, 0.2) is 39.9 Å². The molecule has 1 aromatic carbocycles. The molecule has 106 valence electrons. The van der Waals surface area contributed by atoms with Crippen LogP contribution in [0, 0.1) is 6.92 Å². The second-order valence-corrected chi connectivity index (χ2v) is 4.38. The van der Waals surface area contributed by atoms with Crippen LogP contribution in [0.3, 0.4) is 0 Å². The van der Waals surface area contributed by atoms with E-state index in [9.17, 15) is 22.8 Å². The highest BCUT2D eigenvalue weighted by atomic mass is 19.4. The maximum atomic E-state index is 12.7. The summed E-state index contributed by atoms with van der Waals surface area (Å²) >= 11 is 0. The van der Waals surface area contributed by atoms with Crippen molar-refractivity contribution in [1.82, 2.24) is 9.13 Å². The first-order valence-electron chi connectivity index (χ1n) is 5.69. The standard InChI is InChI=1S/C13H11F3N2O2/c1-8-3-5-9(6-4-8)18-11(19)7-10(13(14,15)16)17(2)12(18)20/h3-7H,1-2H3. The fraction of sp³-hybridized carbons (Fsp3) is 0.231. The second-order valence-electron chi connectivity index (χ2n) is 4.38. The predicted molar refractivity (Wildman–Crippen MR) is 67.0 cm³/mol. The smallest absolute Gasteiger partial charge is 0.292 e. The zero-order valence-corrected chi connectivity index (χ0v) is 10.7. The molecule has 0 saturated heterocycles. The third-order valence-electron chi connectivity index (χ3n) is 2.90. The zero-order valence-electron chi connectivity index (χ0n) is 10.7. The molecule has 7 heteroatoms. The molecule has 2 aromatic rings. The minimum atomic E-state index is -4.75. The van der Waals surface area contributed by atoms with Gasteiger partial charge in [0.2, 0.25) is 0 Å². The summed E-state index contributed by atoms with van der Waals surface area (Å²) in [6, 6.07) is 6.76. The van der Waals surface area contributed by atoms with Crippen molar-refractivity contribution in [3.8, 4) is 5.69 Å². The first-order valence-corrected chi connectivity index (χ1v) is 5.69. The molecule has 0 N–H and O–H groups in total. The molecule has 0 radical (unpaired) electrons. The number of hydrogen-bond acceptors (Lipinski definition) is 2. The number of aromatic nitrogens is 2. The van der Waals surface area contributed by atoms with E-state index < -0.39 is 23.1 Å². The lowest BCUT2D eigenvalue weighted by Gasteiger charge is -2.13. The minimum absolute atomic E-state index is 0.231. The van der Waals surface area contributed by atoms with Crippen LogP contribution in [0.1, 0.15) is 11.3 Å². The van der Waals surface area contributed by atoms with Crippen LogP contribution in [-0.2, 0) is 13.2 Å². The number of rotatable bonds is 1. The first kappa shape index (κ1) is 14.1. The van der Waals surface area contributed by atoms with Gasteiger partial charge in [-0.05, 0) is 19.1 Å². The molecule has 0 fully saturated rings. The molecule has 0 atom stereocenters. The lowest BCUT2D eigenvalue weighted by Crippen LogP contribution is -2.40. The molecular weight excluding hydrogens is 273 g/mol. The Bertz CT molecular complexity index is 755. The second kappa shape index (κ2) is 4.66. The van der Waals surface area contributed by atoms with Gasteiger partial charge in [-0.3, -0.25) is 9.36 Å². The lowest BCUT2D eigenvalue weighted by atomic mass is 10.2. The van der Waals surface area contributed by atoms with Crippen molar-refractivity contribution < 1.29 is 13.2 Å². The predicted octanol–water partition coefficient (Wildman–Crippen LogP) is 1.86. The average Bonchev–Trinajstić information content (AvgIpc) is 2.35. The molecule has 0 saturated carbocycles. The van der Waals surface area contributed by atoms with Gasteiger partial charge < -0.3 is 0 Å². The van der Waals surface area contributed by atoms with Gasteiger partial charge in [0.25, 0.3) is 5.56 Å². The summed E-state index contributed by atoms with van der Waals surface area (Å²) in [7, 11) is 0.981. The van der Waals surface area contributed by atoms with Crippen LogP contribution in [0.4, 0.5) is 13.2 Å². The highest BCUT2D eigenvalue weighted by molar-refractivity contribution is 5.34. The van der Waals surface area contributed by atoms with E-state index in [1.165, 1.54) is 12.1 Å². The van der Waals surface area contributed by atoms with E-state index >= 15 is 0 Å². The van der Waals surface area contributed by atoms with Crippen LogP contribution in [0.5, 0.6) is 0 Å². The molecule has 2 rings (SSSR count). The van der Waals surface area contributed by atoms with Crippen LogP contribution in [0.2, 0.25) is 0 Å². The van der Waals surface area contributed by atoms with Gasteiger partial charge in [-0.1, -0.05) is 17.7 Å². The van der Waals surface area contributed by atoms with Gasteiger partial charge in [0.05, 0.1) is 5.69 Å². The number of aryl methyl sites for hydroxylation is 1. The SMILES string of the molecule is Cc1ccc(-n2c(=O)cc(C(F)(F)F)n(C)c2=O)cc1. The number of benzene rings is 1. The normalized spacial score (nSPS) is 11.7. The minimum Gasteiger partial charge on any atom is -0.292 e. The molecule has 0 aliphatic heterocycles. The number of alkyl halides is 3. The van der Waals surface area contributed by atoms with Crippen molar-refractivity contribution in [2.45, 2.75) is 13.1 Å². The van der Waals surface area contributed by atoms with E-state index in [0.29, 0.717) is 15.2 Å². The summed E-state index contributed by atoms with van der Waals surface area (Å²) in [5, 5.41) is 0. The van der Waals surface area contributed by atoms with Crippen molar-refractivity contribution in [3.05, 3.63) is 62.4 Å². The number of hydrogen-bond donors (Lipinski definition) is 0. The zero-order chi connectivity index (χ0) is 15.1. The Hall–Kier alpha value is -2.31. The Morgan fingerprint density at radius 1 is 1.05 bits per heavy atom. The molecule has 1 heterocycles. The number of nitrogens with zero attached hydrogens (tertiary/aromatic N) is 2. The van der Waals surface area contributed by atoms with Crippen molar-refractivity contribution in [1.29, 1.82) is 0 Å². The lowest BCUT2D eigenvalue weighted by molar-refractivity contribution is -0.144. The van der Waals surface area contributed by atoms with E-state index in [1.807, 2.05) is 6.92 Å². The van der Waals surface area contributed by atoms with Crippen molar-refractivity contribution in [2.24, 2.45) is 7.05 Å². The summed E-state index contributed by atoms with van der Waals surface area (Å²) in [6.07, 6.45) is -4.75. The van der Waals surface area contributed by atoms with E-state index in [1.54, 1.807) is 12.1 Å². The maximum Gasteiger partial charge on any atom is 0.431 e.